The molecule has 126 valence electrons. The third kappa shape index (κ3) is 4.16. The molecule has 25 heavy (non-hydrogen) atoms. The largest absolute Gasteiger partial charge is 0.322 e. The molecular formula is C23H23NO. The van der Waals surface area contributed by atoms with Crippen LogP contribution in [0.3, 0.4) is 0 Å². The summed E-state index contributed by atoms with van der Waals surface area (Å²) in [4.78, 5) is 12.8. The second kappa shape index (κ2) is 7.80. The third-order valence-corrected chi connectivity index (χ3v) is 4.64. The highest BCUT2D eigenvalue weighted by Crippen LogP contribution is 2.20. The monoisotopic (exact) mass is 329 g/mol. The number of aryl methyl sites for hydroxylation is 3. The van der Waals surface area contributed by atoms with Crippen LogP contribution in [-0.4, -0.2) is 5.91 Å². The molecule has 3 rings (SSSR count). The lowest BCUT2D eigenvalue weighted by molar-refractivity contribution is 0.102. The molecule has 1 amide bonds. The summed E-state index contributed by atoms with van der Waals surface area (Å²) in [6.45, 7) is 4.09. The molecule has 0 aliphatic carbocycles. The van der Waals surface area contributed by atoms with Crippen LogP contribution in [0.5, 0.6) is 0 Å². The molecule has 0 unspecified atom stereocenters. The summed E-state index contributed by atoms with van der Waals surface area (Å²) in [5, 5.41) is 3.07. The van der Waals surface area contributed by atoms with E-state index in [1.807, 2.05) is 49.4 Å². The fourth-order valence-corrected chi connectivity index (χ4v) is 2.96. The molecule has 0 aliphatic rings. The van der Waals surface area contributed by atoms with Gasteiger partial charge in [0.2, 0.25) is 0 Å². The molecular weight excluding hydrogens is 306 g/mol. The van der Waals surface area contributed by atoms with Crippen molar-refractivity contribution >= 4 is 11.6 Å². The van der Waals surface area contributed by atoms with Gasteiger partial charge in [0.25, 0.3) is 5.91 Å². The summed E-state index contributed by atoms with van der Waals surface area (Å²) >= 11 is 0. The molecule has 3 aromatic carbocycles. The summed E-state index contributed by atoms with van der Waals surface area (Å²) in [6.07, 6.45) is 1.77. The number of nitrogens with one attached hydrogen (secondary N) is 1. The second-order valence-corrected chi connectivity index (χ2v) is 6.34. The predicted molar refractivity (Wildman–Crippen MR) is 104 cm³/mol. The highest BCUT2D eigenvalue weighted by Gasteiger charge is 2.12. The number of amides is 1. The van der Waals surface area contributed by atoms with Crippen molar-refractivity contribution in [1.82, 2.24) is 0 Å². The van der Waals surface area contributed by atoms with E-state index in [-0.39, 0.29) is 5.91 Å². The van der Waals surface area contributed by atoms with Crippen molar-refractivity contribution in [2.24, 2.45) is 0 Å². The van der Waals surface area contributed by atoms with E-state index in [4.69, 9.17) is 0 Å². The van der Waals surface area contributed by atoms with Crippen molar-refractivity contribution in [2.45, 2.75) is 26.7 Å². The first kappa shape index (κ1) is 17.0. The van der Waals surface area contributed by atoms with Gasteiger partial charge in [0.05, 0.1) is 0 Å². The lowest BCUT2D eigenvalue weighted by atomic mass is 9.99. The predicted octanol–water partition coefficient (Wildman–Crippen LogP) is 5.34. The van der Waals surface area contributed by atoms with Crippen LogP contribution in [0.2, 0.25) is 0 Å². The molecule has 0 bridgehead atoms. The van der Waals surface area contributed by atoms with E-state index in [0.29, 0.717) is 0 Å². The Balaban J connectivity index is 1.78. The van der Waals surface area contributed by atoms with Crippen LogP contribution in [0.4, 0.5) is 5.69 Å². The van der Waals surface area contributed by atoms with Gasteiger partial charge in [0.15, 0.2) is 0 Å². The van der Waals surface area contributed by atoms with Gasteiger partial charge in [-0.15, -0.1) is 0 Å². The molecule has 0 heterocycles. The highest BCUT2D eigenvalue weighted by atomic mass is 16.1. The first-order chi connectivity index (χ1) is 12.1. The maximum atomic E-state index is 12.8. The number of rotatable bonds is 5. The van der Waals surface area contributed by atoms with Gasteiger partial charge >= 0.3 is 0 Å². The van der Waals surface area contributed by atoms with Crippen molar-refractivity contribution in [2.75, 3.05) is 5.32 Å². The molecule has 0 saturated heterocycles. The standard InChI is InChI=1S/C23H23NO/c1-17-9-8-14-22(18(17)2)24-23(25)21-13-7-6-12-20(21)16-15-19-10-4-3-5-11-19/h3-14H,15-16H2,1-2H3,(H,24,25). The molecule has 0 aromatic heterocycles. The number of carbonyl (C=O) groups is 1. The Bertz CT molecular complexity index is 868. The van der Waals surface area contributed by atoms with Gasteiger partial charge in [-0.3, -0.25) is 4.79 Å². The van der Waals surface area contributed by atoms with Crippen LogP contribution < -0.4 is 5.32 Å². The number of anilines is 1. The molecule has 0 fully saturated rings. The number of benzene rings is 3. The molecule has 0 spiro atoms. The molecule has 0 saturated carbocycles. The van der Waals surface area contributed by atoms with Gasteiger partial charge < -0.3 is 5.32 Å². The molecule has 0 atom stereocenters. The van der Waals surface area contributed by atoms with Gasteiger partial charge in [-0.2, -0.15) is 0 Å². The Kier molecular flexibility index (Phi) is 5.30. The third-order valence-electron chi connectivity index (χ3n) is 4.64. The van der Waals surface area contributed by atoms with Crippen molar-refractivity contribution in [3.63, 3.8) is 0 Å². The van der Waals surface area contributed by atoms with Crippen LogP contribution in [-0.2, 0) is 12.8 Å². The van der Waals surface area contributed by atoms with Crippen molar-refractivity contribution in [1.29, 1.82) is 0 Å². The molecule has 0 aliphatic heterocycles. The van der Waals surface area contributed by atoms with E-state index in [0.717, 1.165) is 35.2 Å². The van der Waals surface area contributed by atoms with E-state index in [1.54, 1.807) is 0 Å². The first-order valence-electron chi connectivity index (χ1n) is 8.64. The zero-order valence-corrected chi connectivity index (χ0v) is 14.8. The molecule has 2 heteroatoms. The second-order valence-electron chi connectivity index (χ2n) is 6.34. The maximum absolute atomic E-state index is 12.8. The van der Waals surface area contributed by atoms with Gasteiger partial charge in [0, 0.05) is 11.3 Å². The van der Waals surface area contributed by atoms with E-state index in [1.165, 1.54) is 11.1 Å². The quantitative estimate of drug-likeness (QED) is 0.672. The average Bonchev–Trinajstić information content (AvgIpc) is 2.65. The Hall–Kier alpha value is -2.87. The van der Waals surface area contributed by atoms with E-state index >= 15 is 0 Å². The smallest absolute Gasteiger partial charge is 0.255 e. The van der Waals surface area contributed by atoms with Gasteiger partial charge in [-0.1, -0.05) is 60.7 Å². The average molecular weight is 329 g/mol. The fourth-order valence-electron chi connectivity index (χ4n) is 2.96. The SMILES string of the molecule is Cc1cccc(NC(=O)c2ccccc2CCc2ccccc2)c1C. The minimum atomic E-state index is -0.0441. The van der Waals surface area contributed by atoms with E-state index < -0.39 is 0 Å². The van der Waals surface area contributed by atoms with Crippen LogP contribution in [0.1, 0.15) is 32.6 Å². The summed E-state index contributed by atoms with van der Waals surface area (Å²) in [5.74, 6) is -0.0441. The number of hydrogen-bond donors (Lipinski definition) is 1. The minimum absolute atomic E-state index is 0.0441. The van der Waals surface area contributed by atoms with Crippen molar-refractivity contribution < 1.29 is 4.79 Å². The van der Waals surface area contributed by atoms with E-state index in [9.17, 15) is 4.79 Å². The highest BCUT2D eigenvalue weighted by molar-refractivity contribution is 6.05. The zero-order chi connectivity index (χ0) is 17.6. The summed E-state index contributed by atoms with van der Waals surface area (Å²) in [7, 11) is 0. The van der Waals surface area contributed by atoms with Crippen LogP contribution in [0.25, 0.3) is 0 Å². The Morgan fingerprint density at radius 1 is 0.800 bits per heavy atom. The van der Waals surface area contributed by atoms with Crippen LogP contribution in [0.15, 0.2) is 72.8 Å². The molecule has 2 nitrogen and oxygen atoms in total. The Labute approximate surface area is 149 Å². The summed E-state index contributed by atoms with van der Waals surface area (Å²) < 4.78 is 0. The van der Waals surface area contributed by atoms with Crippen molar-refractivity contribution in [3.05, 3.63) is 101 Å². The molecule has 0 radical (unpaired) electrons. The lowest BCUT2D eigenvalue weighted by Gasteiger charge is -2.13. The van der Waals surface area contributed by atoms with Gasteiger partial charge in [0.1, 0.15) is 0 Å². The zero-order valence-electron chi connectivity index (χ0n) is 14.8. The van der Waals surface area contributed by atoms with Crippen molar-refractivity contribution in [3.8, 4) is 0 Å². The minimum Gasteiger partial charge on any atom is -0.322 e. The molecule has 3 aromatic rings. The normalized spacial score (nSPS) is 10.5. The van der Waals surface area contributed by atoms with E-state index in [2.05, 4.69) is 42.6 Å². The molecule has 1 N–H and O–H groups in total. The Morgan fingerprint density at radius 2 is 1.52 bits per heavy atom. The lowest BCUT2D eigenvalue weighted by Crippen LogP contribution is -2.15. The van der Waals surface area contributed by atoms with Crippen LogP contribution >= 0.6 is 0 Å². The number of hydrogen-bond acceptors (Lipinski definition) is 1. The fraction of sp³-hybridized carbons (Fsp3) is 0.174. The summed E-state index contributed by atoms with van der Waals surface area (Å²) in [5.41, 5.74) is 6.27. The Morgan fingerprint density at radius 3 is 2.32 bits per heavy atom. The summed E-state index contributed by atoms with van der Waals surface area (Å²) in [6, 6.07) is 24.2. The van der Waals surface area contributed by atoms with Gasteiger partial charge in [-0.25, -0.2) is 0 Å². The first-order valence-corrected chi connectivity index (χ1v) is 8.64. The van der Waals surface area contributed by atoms with Crippen LogP contribution in [0, 0.1) is 13.8 Å². The maximum Gasteiger partial charge on any atom is 0.255 e. The topological polar surface area (TPSA) is 29.1 Å². The van der Waals surface area contributed by atoms with Gasteiger partial charge in [-0.05, 0) is 61.1 Å². The number of carbonyl (C=O) groups excluding carboxylic acids is 1.